The summed E-state index contributed by atoms with van der Waals surface area (Å²) < 4.78 is 18.6. The monoisotopic (exact) mass is 269 g/mol. The van der Waals surface area contributed by atoms with Gasteiger partial charge in [-0.15, -0.1) is 0 Å². The molecule has 0 saturated heterocycles. The van der Waals surface area contributed by atoms with Gasteiger partial charge in [0.25, 0.3) is 0 Å². The lowest BCUT2D eigenvalue weighted by Crippen LogP contribution is -2.37. The summed E-state index contributed by atoms with van der Waals surface area (Å²) in [6.07, 6.45) is 0.507. The van der Waals surface area contributed by atoms with Crippen LogP contribution in [0.4, 0.5) is 4.39 Å². The Labute approximate surface area is 112 Å². The molecule has 0 heterocycles. The standard InChI is InChI=1S/C14H20FNO3/c1-9(2)6-13(14(17)18)16-8-10-4-5-11(19-3)7-12(10)15/h4-5,7,9,13,16H,6,8H2,1-3H3,(H,17,18). The minimum Gasteiger partial charge on any atom is -0.497 e. The van der Waals surface area contributed by atoms with Crippen LogP contribution < -0.4 is 10.1 Å². The van der Waals surface area contributed by atoms with Gasteiger partial charge in [0, 0.05) is 18.2 Å². The number of carboxylic acids is 1. The maximum Gasteiger partial charge on any atom is 0.320 e. The van der Waals surface area contributed by atoms with Crippen LogP contribution in [0.5, 0.6) is 5.75 Å². The van der Waals surface area contributed by atoms with Crippen molar-refractivity contribution in [2.75, 3.05) is 7.11 Å². The van der Waals surface area contributed by atoms with E-state index in [9.17, 15) is 9.18 Å². The summed E-state index contributed by atoms with van der Waals surface area (Å²) in [7, 11) is 1.47. The van der Waals surface area contributed by atoms with Gasteiger partial charge in [-0.05, 0) is 18.4 Å². The van der Waals surface area contributed by atoms with Crippen molar-refractivity contribution in [3.05, 3.63) is 29.6 Å². The van der Waals surface area contributed by atoms with E-state index in [-0.39, 0.29) is 12.5 Å². The number of nitrogens with one attached hydrogen (secondary N) is 1. The fourth-order valence-electron chi connectivity index (χ4n) is 1.77. The summed E-state index contributed by atoms with van der Waals surface area (Å²) in [6.45, 7) is 4.08. The van der Waals surface area contributed by atoms with E-state index >= 15 is 0 Å². The molecular weight excluding hydrogens is 249 g/mol. The Morgan fingerprint density at radius 1 is 1.47 bits per heavy atom. The maximum atomic E-state index is 13.7. The molecule has 0 aliphatic rings. The highest BCUT2D eigenvalue weighted by molar-refractivity contribution is 5.73. The SMILES string of the molecule is COc1ccc(CNC(CC(C)C)C(=O)O)c(F)c1. The third-order valence-corrected chi connectivity index (χ3v) is 2.80. The summed E-state index contributed by atoms with van der Waals surface area (Å²) in [5.74, 6) is -0.615. The fourth-order valence-corrected chi connectivity index (χ4v) is 1.77. The van der Waals surface area contributed by atoms with E-state index in [1.807, 2.05) is 13.8 Å². The van der Waals surface area contributed by atoms with E-state index in [2.05, 4.69) is 5.32 Å². The molecule has 1 unspecified atom stereocenters. The maximum absolute atomic E-state index is 13.7. The summed E-state index contributed by atoms with van der Waals surface area (Å²) in [4.78, 5) is 11.1. The molecule has 0 fully saturated rings. The predicted octanol–water partition coefficient (Wildman–Crippen LogP) is 2.42. The minimum absolute atomic E-state index is 0.180. The molecule has 0 saturated carbocycles. The molecule has 1 aromatic rings. The highest BCUT2D eigenvalue weighted by atomic mass is 19.1. The van der Waals surface area contributed by atoms with Crippen molar-refractivity contribution >= 4 is 5.97 Å². The van der Waals surface area contributed by atoms with Gasteiger partial charge in [0.05, 0.1) is 7.11 Å². The number of hydrogen-bond acceptors (Lipinski definition) is 3. The normalized spacial score (nSPS) is 12.5. The Hall–Kier alpha value is -1.62. The van der Waals surface area contributed by atoms with Crippen LogP contribution in [0.15, 0.2) is 18.2 Å². The van der Waals surface area contributed by atoms with Crippen LogP contribution in [0.25, 0.3) is 0 Å². The number of rotatable bonds is 7. The topological polar surface area (TPSA) is 58.6 Å². The molecule has 0 bridgehead atoms. The molecule has 5 heteroatoms. The number of hydrogen-bond donors (Lipinski definition) is 2. The van der Waals surface area contributed by atoms with Gasteiger partial charge < -0.3 is 15.2 Å². The van der Waals surface area contributed by atoms with Gasteiger partial charge in [0.2, 0.25) is 0 Å². The fraction of sp³-hybridized carbons (Fsp3) is 0.500. The lowest BCUT2D eigenvalue weighted by Gasteiger charge is -2.16. The van der Waals surface area contributed by atoms with Crippen LogP contribution in [-0.4, -0.2) is 24.2 Å². The van der Waals surface area contributed by atoms with E-state index < -0.39 is 17.8 Å². The number of aliphatic carboxylic acids is 1. The first-order valence-electron chi connectivity index (χ1n) is 6.22. The average molecular weight is 269 g/mol. The van der Waals surface area contributed by atoms with Crippen molar-refractivity contribution in [1.82, 2.24) is 5.32 Å². The van der Waals surface area contributed by atoms with Gasteiger partial charge in [-0.25, -0.2) is 4.39 Å². The molecule has 1 atom stereocenters. The Morgan fingerprint density at radius 3 is 2.63 bits per heavy atom. The van der Waals surface area contributed by atoms with Crippen molar-refractivity contribution in [2.24, 2.45) is 5.92 Å². The van der Waals surface area contributed by atoms with Crippen LogP contribution in [0, 0.1) is 11.7 Å². The molecule has 0 aliphatic heterocycles. The third-order valence-electron chi connectivity index (χ3n) is 2.80. The zero-order valence-electron chi connectivity index (χ0n) is 11.4. The Balaban J connectivity index is 2.66. The Morgan fingerprint density at radius 2 is 2.16 bits per heavy atom. The van der Waals surface area contributed by atoms with Gasteiger partial charge >= 0.3 is 5.97 Å². The summed E-state index contributed by atoms with van der Waals surface area (Å²) >= 11 is 0. The summed E-state index contributed by atoms with van der Waals surface area (Å²) in [6, 6.07) is 3.87. The first-order chi connectivity index (χ1) is 8.93. The zero-order valence-corrected chi connectivity index (χ0v) is 11.4. The van der Waals surface area contributed by atoms with Crippen molar-refractivity contribution < 1.29 is 19.0 Å². The van der Waals surface area contributed by atoms with Crippen molar-refractivity contribution in [3.63, 3.8) is 0 Å². The van der Waals surface area contributed by atoms with Crippen molar-refractivity contribution in [2.45, 2.75) is 32.9 Å². The van der Waals surface area contributed by atoms with Crippen LogP contribution in [-0.2, 0) is 11.3 Å². The Bertz CT molecular complexity index is 435. The Kier molecular flexibility index (Phi) is 5.76. The highest BCUT2D eigenvalue weighted by Gasteiger charge is 2.18. The van der Waals surface area contributed by atoms with Crippen LogP contribution in [0.1, 0.15) is 25.8 Å². The molecule has 106 valence electrons. The molecular formula is C14H20FNO3. The van der Waals surface area contributed by atoms with E-state index in [1.165, 1.54) is 13.2 Å². The molecule has 2 N–H and O–H groups in total. The molecule has 1 aromatic carbocycles. The van der Waals surface area contributed by atoms with Crippen molar-refractivity contribution in [1.29, 1.82) is 0 Å². The molecule has 0 spiro atoms. The van der Waals surface area contributed by atoms with E-state index in [0.29, 0.717) is 17.7 Å². The molecule has 4 nitrogen and oxygen atoms in total. The number of carboxylic acid groups (broad SMARTS) is 1. The van der Waals surface area contributed by atoms with Crippen molar-refractivity contribution in [3.8, 4) is 5.75 Å². The zero-order chi connectivity index (χ0) is 14.4. The summed E-state index contributed by atoms with van der Waals surface area (Å²) in [5, 5.41) is 11.9. The quantitative estimate of drug-likeness (QED) is 0.798. The predicted molar refractivity (Wildman–Crippen MR) is 70.7 cm³/mol. The second-order valence-corrected chi connectivity index (χ2v) is 4.86. The van der Waals surface area contributed by atoms with E-state index in [1.54, 1.807) is 12.1 Å². The largest absolute Gasteiger partial charge is 0.497 e. The second-order valence-electron chi connectivity index (χ2n) is 4.86. The minimum atomic E-state index is -0.914. The van der Waals surface area contributed by atoms with E-state index in [0.717, 1.165) is 0 Å². The first kappa shape index (κ1) is 15.4. The van der Waals surface area contributed by atoms with Gasteiger partial charge in [-0.1, -0.05) is 19.9 Å². The number of ether oxygens (including phenoxy) is 1. The number of benzene rings is 1. The van der Waals surface area contributed by atoms with Gasteiger partial charge in [0.15, 0.2) is 0 Å². The second kappa shape index (κ2) is 7.09. The van der Waals surface area contributed by atoms with Gasteiger partial charge in [-0.2, -0.15) is 0 Å². The average Bonchev–Trinajstić information content (AvgIpc) is 2.34. The van der Waals surface area contributed by atoms with Crippen LogP contribution >= 0.6 is 0 Å². The number of carbonyl (C=O) groups is 1. The first-order valence-corrected chi connectivity index (χ1v) is 6.22. The molecule has 0 radical (unpaired) electrons. The third kappa shape index (κ3) is 4.87. The highest BCUT2D eigenvalue weighted by Crippen LogP contribution is 2.16. The smallest absolute Gasteiger partial charge is 0.320 e. The molecule has 0 aliphatic carbocycles. The van der Waals surface area contributed by atoms with E-state index in [4.69, 9.17) is 9.84 Å². The number of methoxy groups -OCH3 is 1. The molecule has 19 heavy (non-hydrogen) atoms. The molecule has 1 rings (SSSR count). The summed E-state index contributed by atoms with van der Waals surface area (Å²) in [5.41, 5.74) is 0.427. The lowest BCUT2D eigenvalue weighted by atomic mass is 10.0. The van der Waals surface area contributed by atoms with Gasteiger partial charge in [0.1, 0.15) is 17.6 Å². The van der Waals surface area contributed by atoms with Crippen LogP contribution in [0.3, 0.4) is 0 Å². The lowest BCUT2D eigenvalue weighted by molar-refractivity contribution is -0.140. The van der Waals surface area contributed by atoms with Crippen LogP contribution in [0.2, 0.25) is 0 Å². The number of halogens is 1. The molecule has 0 aromatic heterocycles. The van der Waals surface area contributed by atoms with Gasteiger partial charge in [-0.3, -0.25) is 4.79 Å². The molecule has 0 amide bonds.